The number of aryl methyl sites for hydroxylation is 1. The number of benzene rings is 1. The van der Waals surface area contributed by atoms with Gasteiger partial charge >= 0.3 is 0 Å². The minimum Gasteiger partial charge on any atom is -0.459 e. The van der Waals surface area contributed by atoms with Gasteiger partial charge in [-0.1, -0.05) is 36.6 Å². The molecule has 0 bridgehead atoms. The Morgan fingerprint density at radius 2 is 1.94 bits per heavy atom. The van der Waals surface area contributed by atoms with Gasteiger partial charge in [-0.25, -0.2) is 0 Å². The fraction of sp³-hybridized carbons (Fsp3) is 0.480. The molecule has 7 heteroatoms. The average Bonchev–Trinajstić information content (AvgIpc) is 3.46. The molecule has 3 aromatic rings. The summed E-state index contributed by atoms with van der Waals surface area (Å²) in [7, 11) is 0. The molecule has 2 aliphatic rings. The molecule has 7 nitrogen and oxygen atoms in total. The Morgan fingerprint density at radius 3 is 2.78 bits per heavy atom. The van der Waals surface area contributed by atoms with Crippen LogP contribution in [0.25, 0.3) is 11.0 Å². The number of fused-ring (bicyclic) bond motifs is 1. The van der Waals surface area contributed by atoms with Gasteiger partial charge in [0.1, 0.15) is 5.76 Å². The zero-order valence-corrected chi connectivity index (χ0v) is 18.4. The first-order valence-electron chi connectivity index (χ1n) is 11.6. The van der Waals surface area contributed by atoms with Crippen LogP contribution in [0.4, 0.5) is 5.69 Å². The number of aromatic nitrogens is 1. The first-order chi connectivity index (χ1) is 15.6. The number of carbonyl (C=O) groups is 2. The molecule has 2 amide bonds. The number of rotatable bonds is 4. The number of hydrogen-bond donors (Lipinski definition) is 1. The van der Waals surface area contributed by atoms with E-state index in [0.29, 0.717) is 17.8 Å². The maximum atomic E-state index is 13.0. The van der Waals surface area contributed by atoms with E-state index in [1.165, 1.54) is 6.42 Å². The van der Waals surface area contributed by atoms with E-state index in [1.54, 1.807) is 12.1 Å². The molecule has 1 aromatic carbocycles. The predicted molar refractivity (Wildman–Crippen MR) is 121 cm³/mol. The summed E-state index contributed by atoms with van der Waals surface area (Å²) in [6.07, 6.45) is 7.45. The molecule has 32 heavy (non-hydrogen) atoms. The number of carbonyl (C=O) groups excluding carboxylic acids is 2. The van der Waals surface area contributed by atoms with Gasteiger partial charge in [-0.05, 0) is 44.7 Å². The molecule has 1 aliphatic heterocycles. The van der Waals surface area contributed by atoms with Crippen LogP contribution in [-0.4, -0.2) is 35.0 Å². The number of nitrogens with one attached hydrogen (secondary N) is 1. The number of amides is 2. The van der Waals surface area contributed by atoms with Gasteiger partial charge in [0.2, 0.25) is 11.7 Å². The SMILES string of the molecule is Cc1cc2cccc(NC(=O)c3cc([C@@H]4CCCN(C(=O)C5CCCCC5)C4)no3)c2o1. The second kappa shape index (κ2) is 8.81. The summed E-state index contributed by atoms with van der Waals surface area (Å²) < 4.78 is 11.1. The van der Waals surface area contributed by atoms with Crippen molar-refractivity contribution in [2.24, 2.45) is 5.92 Å². The summed E-state index contributed by atoms with van der Waals surface area (Å²) in [6.45, 7) is 3.33. The number of para-hydroxylation sites is 1. The van der Waals surface area contributed by atoms with Gasteiger partial charge in [0.05, 0.1) is 11.4 Å². The zero-order valence-electron chi connectivity index (χ0n) is 18.4. The Balaban J connectivity index is 1.26. The molecule has 0 spiro atoms. The van der Waals surface area contributed by atoms with Crippen LogP contribution in [0.15, 0.2) is 39.3 Å². The van der Waals surface area contributed by atoms with Crippen molar-refractivity contribution in [1.82, 2.24) is 10.1 Å². The number of furan rings is 1. The summed E-state index contributed by atoms with van der Waals surface area (Å²) in [5, 5.41) is 7.98. The Kier molecular flexibility index (Phi) is 5.72. The van der Waals surface area contributed by atoms with Gasteiger partial charge in [-0.2, -0.15) is 0 Å². The molecule has 1 atom stereocenters. The van der Waals surface area contributed by atoms with E-state index >= 15 is 0 Å². The number of likely N-dealkylation sites (tertiary alicyclic amines) is 1. The molecule has 168 valence electrons. The molecule has 3 heterocycles. The second-order valence-corrected chi connectivity index (χ2v) is 9.11. The van der Waals surface area contributed by atoms with E-state index < -0.39 is 0 Å². The van der Waals surface area contributed by atoms with Crippen molar-refractivity contribution in [2.45, 2.75) is 57.8 Å². The van der Waals surface area contributed by atoms with Gasteiger partial charge in [0, 0.05) is 36.4 Å². The lowest BCUT2D eigenvalue weighted by Crippen LogP contribution is -2.42. The van der Waals surface area contributed by atoms with Crippen LogP contribution >= 0.6 is 0 Å². The first kappa shape index (κ1) is 20.8. The Morgan fingerprint density at radius 1 is 1.09 bits per heavy atom. The predicted octanol–water partition coefficient (Wildman–Crippen LogP) is 5.27. The maximum Gasteiger partial charge on any atom is 0.294 e. The van der Waals surface area contributed by atoms with Crippen molar-refractivity contribution in [1.29, 1.82) is 0 Å². The summed E-state index contributed by atoms with van der Waals surface area (Å²) in [6, 6.07) is 9.26. The van der Waals surface area contributed by atoms with E-state index in [4.69, 9.17) is 8.94 Å². The molecule has 1 saturated carbocycles. The quantitative estimate of drug-likeness (QED) is 0.603. The summed E-state index contributed by atoms with van der Waals surface area (Å²) in [5.74, 6) is 1.14. The molecule has 2 fully saturated rings. The molecule has 0 radical (unpaired) electrons. The van der Waals surface area contributed by atoms with Crippen molar-refractivity contribution in [3.63, 3.8) is 0 Å². The Labute approximate surface area is 187 Å². The monoisotopic (exact) mass is 435 g/mol. The molecular weight excluding hydrogens is 406 g/mol. The van der Waals surface area contributed by atoms with Crippen molar-refractivity contribution in [3.05, 3.63) is 47.5 Å². The van der Waals surface area contributed by atoms with E-state index in [-0.39, 0.29) is 29.4 Å². The van der Waals surface area contributed by atoms with Crippen LogP contribution in [0.5, 0.6) is 0 Å². The normalized spacial score (nSPS) is 19.9. The third-order valence-electron chi connectivity index (χ3n) is 6.77. The largest absolute Gasteiger partial charge is 0.459 e. The highest BCUT2D eigenvalue weighted by molar-refractivity contribution is 6.06. The maximum absolute atomic E-state index is 13.0. The number of hydrogen-bond acceptors (Lipinski definition) is 5. The van der Waals surface area contributed by atoms with Crippen LogP contribution in [0.3, 0.4) is 0 Å². The van der Waals surface area contributed by atoms with Crippen LogP contribution in [-0.2, 0) is 4.79 Å². The van der Waals surface area contributed by atoms with Gasteiger partial charge in [0.15, 0.2) is 5.58 Å². The van der Waals surface area contributed by atoms with Crippen molar-refractivity contribution < 1.29 is 18.5 Å². The zero-order chi connectivity index (χ0) is 22.1. The van der Waals surface area contributed by atoms with Crippen LogP contribution < -0.4 is 5.32 Å². The van der Waals surface area contributed by atoms with E-state index in [9.17, 15) is 9.59 Å². The third kappa shape index (κ3) is 4.16. The lowest BCUT2D eigenvalue weighted by Gasteiger charge is -2.35. The molecule has 1 N–H and O–H groups in total. The molecule has 1 aliphatic carbocycles. The van der Waals surface area contributed by atoms with Crippen molar-refractivity contribution in [3.8, 4) is 0 Å². The molecule has 0 unspecified atom stereocenters. The Bertz CT molecular complexity index is 1130. The van der Waals surface area contributed by atoms with E-state index in [1.807, 2.05) is 30.0 Å². The van der Waals surface area contributed by atoms with Gasteiger partial charge < -0.3 is 19.2 Å². The smallest absolute Gasteiger partial charge is 0.294 e. The van der Waals surface area contributed by atoms with Crippen molar-refractivity contribution in [2.75, 3.05) is 18.4 Å². The fourth-order valence-electron chi connectivity index (χ4n) is 5.09. The number of nitrogens with zero attached hydrogens (tertiary/aromatic N) is 2. The highest BCUT2D eigenvalue weighted by atomic mass is 16.5. The molecule has 1 saturated heterocycles. The van der Waals surface area contributed by atoms with E-state index in [2.05, 4.69) is 10.5 Å². The number of anilines is 1. The minimum absolute atomic E-state index is 0.0951. The fourth-order valence-corrected chi connectivity index (χ4v) is 5.09. The average molecular weight is 436 g/mol. The van der Waals surface area contributed by atoms with Gasteiger partial charge in [0.25, 0.3) is 5.91 Å². The topological polar surface area (TPSA) is 88.6 Å². The molecular formula is C25H29N3O4. The minimum atomic E-state index is -0.365. The third-order valence-corrected chi connectivity index (χ3v) is 6.77. The number of piperidine rings is 1. The summed E-state index contributed by atoms with van der Waals surface area (Å²) in [4.78, 5) is 27.8. The Hall–Kier alpha value is -3.09. The standard InChI is InChI=1S/C25H29N3O4/c1-16-13-18-9-5-11-20(23(18)31-16)26-24(29)22-14-21(27-32-22)19-10-6-12-28(15-19)25(30)17-7-3-2-4-8-17/h5,9,11,13-14,17,19H,2-4,6-8,10,12,15H2,1H3,(H,26,29)/t19-/m1/s1. The van der Waals surface area contributed by atoms with Crippen molar-refractivity contribution >= 4 is 28.5 Å². The first-order valence-corrected chi connectivity index (χ1v) is 11.6. The molecule has 2 aromatic heterocycles. The highest BCUT2D eigenvalue weighted by Gasteiger charge is 2.31. The molecule has 5 rings (SSSR count). The van der Waals surface area contributed by atoms with Crippen LogP contribution in [0, 0.1) is 12.8 Å². The van der Waals surface area contributed by atoms with E-state index in [0.717, 1.165) is 61.9 Å². The lowest BCUT2D eigenvalue weighted by atomic mass is 9.87. The van der Waals surface area contributed by atoms with Crippen LogP contribution in [0.2, 0.25) is 0 Å². The van der Waals surface area contributed by atoms with Crippen LogP contribution in [0.1, 0.15) is 72.9 Å². The second-order valence-electron chi connectivity index (χ2n) is 9.11. The summed E-state index contributed by atoms with van der Waals surface area (Å²) in [5.41, 5.74) is 1.98. The summed E-state index contributed by atoms with van der Waals surface area (Å²) >= 11 is 0. The highest BCUT2D eigenvalue weighted by Crippen LogP contribution is 2.31. The van der Waals surface area contributed by atoms with Gasteiger partial charge in [-0.3, -0.25) is 9.59 Å². The lowest BCUT2D eigenvalue weighted by molar-refractivity contribution is -0.137. The van der Waals surface area contributed by atoms with Gasteiger partial charge in [-0.15, -0.1) is 0 Å².